The fourth-order valence-corrected chi connectivity index (χ4v) is 2.13. The molecular formula is C14H19N3O2. The van der Waals surface area contributed by atoms with Gasteiger partial charge in [-0.3, -0.25) is 4.79 Å². The molecule has 1 unspecified atom stereocenters. The highest BCUT2D eigenvalue weighted by Gasteiger charge is 2.25. The van der Waals surface area contributed by atoms with Crippen LogP contribution in [-0.4, -0.2) is 27.1 Å². The van der Waals surface area contributed by atoms with Crippen LogP contribution in [0.2, 0.25) is 0 Å². The molecule has 0 saturated carbocycles. The maximum absolute atomic E-state index is 11.9. The summed E-state index contributed by atoms with van der Waals surface area (Å²) in [5, 5.41) is 0. The van der Waals surface area contributed by atoms with E-state index in [1.54, 1.807) is 13.1 Å². The Morgan fingerprint density at radius 2 is 2.16 bits per heavy atom. The largest absolute Gasteiger partial charge is 0.465 e. The van der Waals surface area contributed by atoms with Gasteiger partial charge in [-0.05, 0) is 39.8 Å². The van der Waals surface area contributed by atoms with Crippen molar-refractivity contribution in [3.8, 4) is 0 Å². The van der Waals surface area contributed by atoms with Crippen LogP contribution in [0.3, 0.4) is 0 Å². The lowest BCUT2D eigenvalue weighted by atomic mass is 10.1. The molecule has 0 bridgehead atoms. The Labute approximate surface area is 112 Å². The second kappa shape index (κ2) is 5.38. The first kappa shape index (κ1) is 13.5. The maximum atomic E-state index is 11.9. The van der Waals surface area contributed by atoms with Gasteiger partial charge < -0.3 is 9.30 Å². The number of nitrogens with zero attached hydrogens (tertiary/aromatic N) is 3. The molecule has 0 aliphatic carbocycles. The van der Waals surface area contributed by atoms with Crippen LogP contribution in [-0.2, 0) is 9.53 Å². The van der Waals surface area contributed by atoms with Crippen molar-refractivity contribution in [2.24, 2.45) is 0 Å². The molecule has 0 aliphatic heterocycles. The molecule has 1 atom stereocenters. The van der Waals surface area contributed by atoms with Gasteiger partial charge >= 0.3 is 5.97 Å². The average Bonchev–Trinajstić information content (AvgIpc) is 2.77. The standard InChI is InChI=1S/C14H19N3O2/c1-5-19-14(18)10(4)12-16-11-7-6-8-15-13(11)17(12)9(2)3/h6-10H,5H2,1-4H3. The fraction of sp³-hybridized carbons (Fsp3) is 0.500. The van der Waals surface area contributed by atoms with Crippen molar-refractivity contribution in [1.29, 1.82) is 0 Å². The zero-order valence-corrected chi connectivity index (χ0v) is 11.8. The number of pyridine rings is 1. The zero-order chi connectivity index (χ0) is 14.0. The van der Waals surface area contributed by atoms with Gasteiger partial charge in [0.25, 0.3) is 0 Å². The molecule has 5 heteroatoms. The highest BCUT2D eigenvalue weighted by molar-refractivity contribution is 5.79. The maximum Gasteiger partial charge on any atom is 0.316 e. The van der Waals surface area contributed by atoms with Gasteiger partial charge in [-0.2, -0.15) is 0 Å². The van der Waals surface area contributed by atoms with Crippen molar-refractivity contribution < 1.29 is 9.53 Å². The van der Waals surface area contributed by atoms with Crippen LogP contribution in [0.4, 0.5) is 0 Å². The zero-order valence-electron chi connectivity index (χ0n) is 11.8. The van der Waals surface area contributed by atoms with Crippen molar-refractivity contribution in [2.45, 2.75) is 39.7 Å². The molecule has 5 nitrogen and oxygen atoms in total. The van der Waals surface area contributed by atoms with Gasteiger partial charge in [0.15, 0.2) is 5.65 Å². The monoisotopic (exact) mass is 261 g/mol. The summed E-state index contributed by atoms with van der Waals surface area (Å²) in [6.45, 7) is 8.10. The summed E-state index contributed by atoms with van der Waals surface area (Å²) in [6.07, 6.45) is 1.74. The van der Waals surface area contributed by atoms with Gasteiger partial charge in [0.1, 0.15) is 17.3 Å². The number of aromatic nitrogens is 3. The van der Waals surface area contributed by atoms with Crippen LogP contribution in [0.15, 0.2) is 18.3 Å². The van der Waals surface area contributed by atoms with Crippen LogP contribution in [0, 0.1) is 0 Å². The predicted molar refractivity (Wildman–Crippen MR) is 73.0 cm³/mol. The Morgan fingerprint density at radius 1 is 1.42 bits per heavy atom. The molecule has 0 saturated heterocycles. The van der Waals surface area contributed by atoms with Crippen LogP contribution in [0.25, 0.3) is 11.2 Å². The van der Waals surface area contributed by atoms with Gasteiger partial charge in [-0.1, -0.05) is 0 Å². The molecule has 0 amide bonds. The van der Waals surface area contributed by atoms with Gasteiger partial charge in [0, 0.05) is 12.2 Å². The number of fused-ring (bicyclic) bond motifs is 1. The van der Waals surface area contributed by atoms with E-state index < -0.39 is 5.92 Å². The molecule has 0 N–H and O–H groups in total. The molecule has 0 aliphatic rings. The summed E-state index contributed by atoms with van der Waals surface area (Å²) in [4.78, 5) is 20.8. The Hall–Kier alpha value is -1.91. The molecule has 0 fully saturated rings. The number of carbonyl (C=O) groups excluding carboxylic acids is 1. The summed E-state index contributed by atoms with van der Waals surface area (Å²) in [5.41, 5.74) is 1.62. The third-order valence-corrected chi connectivity index (χ3v) is 3.02. The molecule has 2 heterocycles. The first-order valence-electron chi connectivity index (χ1n) is 6.55. The van der Waals surface area contributed by atoms with Crippen molar-refractivity contribution in [1.82, 2.24) is 14.5 Å². The molecule has 2 rings (SSSR count). The van der Waals surface area contributed by atoms with E-state index in [4.69, 9.17) is 4.74 Å². The minimum Gasteiger partial charge on any atom is -0.465 e. The predicted octanol–water partition coefficient (Wildman–Crippen LogP) is 2.68. The first-order valence-corrected chi connectivity index (χ1v) is 6.55. The summed E-state index contributed by atoms with van der Waals surface area (Å²) >= 11 is 0. The van der Waals surface area contributed by atoms with E-state index in [0.717, 1.165) is 11.2 Å². The molecule has 0 aromatic carbocycles. The third kappa shape index (κ3) is 2.45. The third-order valence-electron chi connectivity index (χ3n) is 3.02. The Bertz CT molecular complexity index is 589. The molecule has 0 radical (unpaired) electrons. The number of rotatable bonds is 4. The number of ether oxygens (including phenoxy) is 1. The minimum absolute atomic E-state index is 0.187. The fourth-order valence-electron chi connectivity index (χ4n) is 2.13. The summed E-state index contributed by atoms with van der Waals surface area (Å²) in [5.74, 6) is 0.0680. The van der Waals surface area contributed by atoms with E-state index >= 15 is 0 Å². The Kier molecular flexibility index (Phi) is 3.83. The van der Waals surface area contributed by atoms with Crippen molar-refractivity contribution in [3.63, 3.8) is 0 Å². The van der Waals surface area contributed by atoms with Gasteiger partial charge in [-0.15, -0.1) is 0 Å². The van der Waals surface area contributed by atoms with E-state index in [9.17, 15) is 4.79 Å². The normalized spacial score (nSPS) is 12.9. The summed E-state index contributed by atoms with van der Waals surface area (Å²) in [6, 6.07) is 3.94. The lowest BCUT2D eigenvalue weighted by Gasteiger charge is -2.16. The van der Waals surface area contributed by atoms with E-state index in [2.05, 4.69) is 23.8 Å². The summed E-state index contributed by atoms with van der Waals surface area (Å²) in [7, 11) is 0. The Balaban J connectivity index is 2.53. The lowest BCUT2D eigenvalue weighted by molar-refractivity contribution is -0.144. The lowest BCUT2D eigenvalue weighted by Crippen LogP contribution is -2.18. The van der Waals surface area contributed by atoms with Crippen molar-refractivity contribution in [3.05, 3.63) is 24.2 Å². The second-order valence-electron chi connectivity index (χ2n) is 4.75. The van der Waals surface area contributed by atoms with Gasteiger partial charge in [-0.25, -0.2) is 9.97 Å². The van der Waals surface area contributed by atoms with Crippen LogP contribution in [0.5, 0.6) is 0 Å². The topological polar surface area (TPSA) is 57.0 Å². The molecule has 19 heavy (non-hydrogen) atoms. The van der Waals surface area contributed by atoms with Crippen LogP contribution >= 0.6 is 0 Å². The summed E-state index contributed by atoms with van der Waals surface area (Å²) < 4.78 is 7.07. The van der Waals surface area contributed by atoms with Gasteiger partial charge in [0.2, 0.25) is 0 Å². The van der Waals surface area contributed by atoms with Gasteiger partial charge in [0.05, 0.1) is 6.61 Å². The number of carbonyl (C=O) groups is 1. The minimum atomic E-state index is -0.392. The average molecular weight is 261 g/mol. The molecular weight excluding hydrogens is 242 g/mol. The van der Waals surface area contributed by atoms with E-state index in [-0.39, 0.29) is 12.0 Å². The van der Waals surface area contributed by atoms with E-state index in [1.165, 1.54) is 0 Å². The van der Waals surface area contributed by atoms with E-state index in [0.29, 0.717) is 12.4 Å². The Morgan fingerprint density at radius 3 is 2.79 bits per heavy atom. The SMILES string of the molecule is CCOC(=O)C(C)c1nc2cccnc2n1C(C)C. The molecule has 2 aromatic heterocycles. The van der Waals surface area contributed by atoms with Crippen molar-refractivity contribution >= 4 is 17.1 Å². The number of imidazole rings is 1. The molecule has 2 aromatic rings. The van der Waals surface area contributed by atoms with Crippen LogP contribution < -0.4 is 0 Å². The smallest absolute Gasteiger partial charge is 0.316 e. The van der Waals surface area contributed by atoms with Crippen LogP contribution in [0.1, 0.15) is 45.5 Å². The number of hydrogen-bond donors (Lipinski definition) is 0. The van der Waals surface area contributed by atoms with E-state index in [1.807, 2.05) is 23.6 Å². The molecule has 102 valence electrons. The quantitative estimate of drug-likeness (QED) is 0.794. The number of hydrogen-bond acceptors (Lipinski definition) is 4. The first-order chi connectivity index (χ1) is 9.06. The number of esters is 1. The second-order valence-corrected chi connectivity index (χ2v) is 4.75. The highest BCUT2D eigenvalue weighted by Crippen LogP contribution is 2.25. The highest BCUT2D eigenvalue weighted by atomic mass is 16.5. The van der Waals surface area contributed by atoms with Crippen molar-refractivity contribution in [2.75, 3.05) is 6.61 Å². The molecule has 0 spiro atoms.